The monoisotopic (exact) mass is 307 g/mol. The molecule has 0 saturated carbocycles. The quantitative estimate of drug-likeness (QED) is 0.813. The van der Waals surface area contributed by atoms with Crippen molar-refractivity contribution in [2.75, 3.05) is 0 Å². The standard InChI is InChI=1S/C12H6Cl2F3NO/c13-6-1-2-7(9(14)3-6)8-4-18-5-10(15)11(8)19-12(16)17/h1-5,12H. The van der Waals surface area contributed by atoms with Crippen LogP contribution in [0, 0.1) is 5.82 Å². The smallest absolute Gasteiger partial charge is 0.387 e. The molecule has 0 bridgehead atoms. The van der Waals surface area contributed by atoms with Gasteiger partial charge in [-0.05, 0) is 12.1 Å². The third kappa shape index (κ3) is 3.11. The van der Waals surface area contributed by atoms with E-state index in [1.165, 1.54) is 24.4 Å². The van der Waals surface area contributed by atoms with Gasteiger partial charge in [-0.15, -0.1) is 0 Å². The second kappa shape index (κ2) is 5.67. The predicted molar refractivity (Wildman–Crippen MR) is 66.3 cm³/mol. The molecule has 0 aliphatic heterocycles. The lowest BCUT2D eigenvalue weighted by Crippen LogP contribution is -2.05. The predicted octanol–water partition coefficient (Wildman–Crippen LogP) is 4.80. The van der Waals surface area contributed by atoms with Gasteiger partial charge >= 0.3 is 6.61 Å². The van der Waals surface area contributed by atoms with Crippen LogP contribution >= 0.6 is 23.2 Å². The first-order valence-corrected chi connectivity index (χ1v) is 5.78. The third-order valence-electron chi connectivity index (χ3n) is 2.28. The summed E-state index contributed by atoms with van der Waals surface area (Å²) in [5.41, 5.74) is 0.329. The molecule has 0 N–H and O–H groups in total. The van der Waals surface area contributed by atoms with Crippen LogP contribution in [0.15, 0.2) is 30.6 Å². The highest BCUT2D eigenvalue weighted by Gasteiger charge is 2.18. The van der Waals surface area contributed by atoms with Gasteiger partial charge in [0.2, 0.25) is 0 Å². The maximum absolute atomic E-state index is 13.5. The molecule has 1 aromatic carbocycles. The van der Waals surface area contributed by atoms with Crippen LogP contribution in [-0.4, -0.2) is 11.6 Å². The van der Waals surface area contributed by atoms with Crippen molar-refractivity contribution in [1.82, 2.24) is 4.98 Å². The average molecular weight is 308 g/mol. The molecular formula is C12H6Cl2F3NO. The van der Waals surface area contributed by atoms with Crippen LogP contribution in [0.5, 0.6) is 5.75 Å². The van der Waals surface area contributed by atoms with E-state index in [0.717, 1.165) is 6.20 Å². The molecule has 0 fully saturated rings. The van der Waals surface area contributed by atoms with Gasteiger partial charge in [0.05, 0.1) is 11.2 Å². The summed E-state index contributed by atoms with van der Waals surface area (Å²) in [6.07, 6.45) is 1.97. The number of aromatic nitrogens is 1. The summed E-state index contributed by atoms with van der Waals surface area (Å²) in [5, 5.41) is 0.549. The van der Waals surface area contributed by atoms with E-state index in [-0.39, 0.29) is 10.6 Å². The number of nitrogens with zero attached hydrogens (tertiary/aromatic N) is 1. The van der Waals surface area contributed by atoms with Gasteiger partial charge in [-0.25, -0.2) is 4.39 Å². The summed E-state index contributed by atoms with van der Waals surface area (Å²) in [6, 6.07) is 4.38. The molecule has 2 rings (SSSR count). The van der Waals surface area contributed by atoms with Crippen molar-refractivity contribution < 1.29 is 17.9 Å². The molecule has 0 spiro atoms. The van der Waals surface area contributed by atoms with Gasteiger partial charge in [0, 0.05) is 22.3 Å². The van der Waals surface area contributed by atoms with Gasteiger partial charge in [0.15, 0.2) is 11.6 Å². The van der Waals surface area contributed by atoms with Crippen LogP contribution in [0.25, 0.3) is 11.1 Å². The molecule has 0 amide bonds. The molecule has 19 heavy (non-hydrogen) atoms. The molecule has 0 radical (unpaired) electrons. The van der Waals surface area contributed by atoms with E-state index in [0.29, 0.717) is 10.6 Å². The van der Waals surface area contributed by atoms with Crippen LogP contribution in [-0.2, 0) is 0 Å². The zero-order valence-electron chi connectivity index (χ0n) is 9.21. The number of hydrogen-bond acceptors (Lipinski definition) is 2. The highest BCUT2D eigenvalue weighted by molar-refractivity contribution is 6.36. The van der Waals surface area contributed by atoms with E-state index in [2.05, 4.69) is 9.72 Å². The second-order valence-corrected chi connectivity index (χ2v) is 4.34. The van der Waals surface area contributed by atoms with Gasteiger partial charge in [-0.2, -0.15) is 8.78 Å². The zero-order valence-corrected chi connectivity index (χ0v) is 10.7. The van der Waals surface area contributed by atoms with Crippen LogP contribution in [0.3, 0.4) is 0 Å². The van der Waals surface area contributed by atoms with Gasteiger partial charge in [-0.3, -0.25) is 4.98 Å². The SMILES string of the molecule is Fc1cncc(-c2ccc(Cl)cc2Cl)c1OC(F)F. The summed E-state index contributed by atoms with van der Waals surface area (Å²) in [6.45, 7) is -3.15. The molecule has 0 unspecified atom stereocenters. The molecule has 0 atom stereocenters. The van der Waals surface area contributed by atoms with Crippen LogP contribution in [0.1, 0.15) is 0 Å². The van der Waals surface area contributed by atoms with Crippen molar-refractivity contribution in [3.8, 4) is 16.9 Å². The van der Waals surface area contributed by atoms with Gasteiger partial charge in [0.25, 0.3) is 0 Å². The minimum Gasteiger partial charge on any atom is -0.431 e. The Labute approximate surface area is 116 Å². The molecule has 1 aromatic heterocycles. The largest absolute Gasteiger partial charge is 0.431 e. The fraction of sp³-hybridized carbons (Fsp3) is 0.0833. The van der Waals surface area contributed by atoms with Crippen molar-refractivity contribution in [1.29, 1.82) is 0 Å². The van der Waals surface area contributed by atoms with Crippen molar-refractivity contribution in [2.45, 2.75) is 6.61 Å². The van der Waals surface area contributed by atoms with E-state index in [1.54, 1.807) is 0 Å². The Morgan fingerprint density at radius 2 is 1.84 bits per heavy atom. The fourth-order valence-electron chi connectivity index (χ4n) is 1.53. The van der Waals surface area contributed by atoms with Crippen molar-refractivity contribution in [2.24, 2.45) is 0 Å². The normalized spacial score (nSPS) is 10.8. The summed E-state index contributed by atoms with van der Waals surface area (Å²) < 4.78 is 42.3. The molecule has 7 heteroatoms. The minimum atomic E-state index is -3.15. The van der Waals surface area contributed by atoms with E-state index in [1.807, 2.05) is 0 Å². The highest BCUT2D eigenvalue weighted by Crippen LogP contribution is 2.37. The van der Waals surface area contributed by atoms with E-state index in [9.17, 15) is 13.2 Å². The van der Waals surface area contributed by atoms with Crippen LogP contribution in [0.4, 0.5) is 13.2 Å². The highest BCUT2D eigenvalue weighted by atomic mass is 35.5. The summed E-state index contributed by atoms with van der Waals surface area (Å²) in [7, 11) is 0. The molecule has 2 nitrogen and oxygen atoms in total. The summed E-state index contributed by atoms with van der Waals surface area (Å²) >= 11 is 11.7. The van der Waals surface area contributed by atoms with Crippen molar-refractivity contribution >= 4 is 23.2 Å². The van der Waals surface area contributed by atoms with Gasteiger partial charge < -0.3 is 4.74 Å². The lowest BCUT2D eigenvalue weighted by atomic mass is 10.1. The summed E-state index contributed by atoms with van der Waals surface area (Å²) in [5.74, 6) is -1.60. The topological polar surface area (TPSA) is 22.1 Å². The number of halogens is 5. The van der Waals surface area contributed by atoms with Gasteiger partial charge in [-0.1, -0.05) is 29.3 Å². The van der Waals surface area contributed by atoms with E-state index >= 15 is 0 Å². The molecule has 1 heterocycles. The lowest BCUT2D eigenvalue weighted by Gasteiger charge is -2.12. The first-order chi connectivity index (χ1) is 8.99. The first-order valence-electron chi connectivity index (χ1n) is 5.02. The minimum absolute atomic E-state index is 0.0296. The zero-order chi connectivity index (χ0) is 14.0. The van der Waals surface area contributed by atoms with Gasteiger partial charge in [0.1, 0.15) is 0 Å². The molecule has 2 aromatic rings. The van der Waals surface area contributed by atoms with E-state index in [4.69, 9.17) is 23.2 Å². The molecule has 100 valence electrons. The number of rotatable bonds is 3. The Morgan fingerprint density at radius 3 is 2.47 bits per heavy atom. The van der Waals surface area contributed by atoms with Crippen LogP contribution < -0.4 is 4.74 Å². The Bertz CT molecular complexity index is 608. The lowest BCUT2D eigenvalue weighted by molar-refractivity contribution is -0.0518. The summed E-state index contributed by atoms with van der Waals surface area (Å²) in [4.78, 5) is 3.60. The maximum atomic E-state index is 13.5. The second-order valence-electron chi connectivity index (χ2n) is 3.50. The number of benzene rings is 1. The Hall–Kier alpha value is -1.46. The Morgan fingerprint density at radius 1 is 1.11 bits per heavy atom. The first kappa shape index (κ1) is 14.0. The van der Waals surface area contributed by atoms with Crippen molar-refractivity contribution in [3.63, 3.8) is 0 Å². The number of pyridine rings is 1. The number of ether oxygens (including phenoxy) is 1. The molecule has 0 aliphatic rings. The van der Waals surface area contributed by atoms with E-state index < -0.39 is 18.2 Å². The maximum Gasteiger partial charge on any atom is 0.387 e. The Balaban J connectivity index is 2.58. The number of alkyl halides is 2. The molecule has 0 aliphatic carbocycles. The van der Waals surface area contributed by atoms with Crippen molar-refractivity contribution in [3.05, 3.63) is 46.5 Å². The van der Waals surface area contributed by atoms with Crippen LogP contribution in [0.2, 0.25) is 10.0 Å². The fourth-order valence-corrected chi connectivity index (χ4v) is 2.04. The third-order valence-corrected chi connectivity index (χ3v) is 2.83. The average Bonchev–Trinajstić information content (AvgIpc) is 2.32. The molecule has 0 saturated heterocycles. The number of hydrogen-bond donors (Lipinski definition) is 0. The molecular weight excluding hydrogens is 302 g/mol. The Kier molecular flexibility index (Phi) is 4.17.